The van der Waals surface area contributed by atoms with E-state index in [4.69, 9.17) is 0 Å². The molecular weight excluding hydrogens is 151 g/mol. The van der Waals surface area contributed by atoms with Crippen LogP contribution in [0.25, 0.3) is 0 Å². The van der Waals surface area contributed by atoms with Gasteiger partial charge in [0.2, 0.25) is 0 Å². The third-order valence-electron chi connectivity index (χ3n) is 0.382. The van der Waals surface area contributed by atoms with E-state index in [0.717, 1.165) is 6.54 Å². The van der Waals surface area contributed by atoms with Crippen LogP contribution in [-0.2, 0) is 32.7 Å². The molecule has 0 N–H and O–H groups in total. The van der Waals surface area contributed by atoms with Gasteiger partial charge in [-0.3, -0.25) is 7.05 Å². The summed E-state index contributed by atoms with van der Waals surface area (Å²) in [4.78, 5) is 1.76. The maximum atomic E-state index is 3.55. The van der Waals surface area contributed by atoms with Crippen molar-refractivity contribution in [1.29, 1.82) is 0 Å². The Kier molecular flexibility index (Phi) is 10.2. The summed E-state index contributed by atoms with van der Waals surface area (Å²) in [5.74, 6) is 0. The largest absolute Gasteiger partial charge is 0.487 e. The first-order valence-corrected chi connectivity index (χ1v) is 1.58. The molecule has 0 unspecified atom stereocenters. The van der Waals surface area contributed by atoms with E-state index in [9.17, 15) is 0 Å². The molecule has 0 aromatic rings. The van der Waals surface area contributed by atoms with Crippen molar-refractivity contribution in [2.24, 2.45) is 0 Å². The van der Waals surface area contributed by atoms with Gasteiger partial charge in [-0.05, 0) is 7.05 Å². The summed E-state index contributed by atoms with van der Waals surface area (Å²) in [6.07, 6.45) is 0. The molecule has 6 heavy (non-hydrogen) atoms. The minimum atomic E-state index is 0. The number of rotatable bonds is 1. The van der Waals surface area contributed by atoms with Gasteiger partial charge in [-0.2, -0.15) is 6.54 Å². The van der Waals surface area contributed by atoms with Crippen LogP contribution in [0.5, 0.6) is 0 Å². The van der Waals surface area contributed by atoms with Crippen LogP contribution in [0.2, 0.25) is 0 Å². The Morgan fingerprint density at radius 1 is 1.67 bits per heavy atom. The molecule has 1 radical (unpaired) electrons. The van der Waals surface area contributed by atoms with Crippen LogP contribution >= 0.6 is 0 Å². The summed E-state index contributed by atoms with van der Waals surface area (Å²) in [6, 6.07) is 0. The number of hydrogen-bond donors (Lipinski definition) is 0. The van der Waals surface area contributed by atoms with Gasteiger partial charge >= 0.3 is 0 Å². The summed E-state index contributed by atoms with van der Waals surface area (Å²) < 4.78 is 0. The van der Waals surface area contributed by atoms with Crippen LogP contribution < -0.4 is 0 Å². The minimum Gasteiger partial charge on any atom is -0.487 e. The molecule has 0 amide bonds. The van der Waals surface area contributed by atoms with Gasteiger partial charge in [0.05, 0.1) is 0 Å². The van der Waals surface area contributed by atoms with Crippen LogP contribution in [0, 0.1) is 14.0 Å². The fourth-order valence-electron chi connectivity index (χ4n) is 0. The molecule has 0 aliphatic rings. The predicted molar refractivity (Wildman–Crippen MR) is 23.3 cm³/mol. The first-order chi connectivity index (χ1) is 2.27. The van der Waals surface area contributed by atoms with Crippen molar-refractivity contribution in [1.82, 2.24) is 4.90 Å². The normalized spacial score (nSPS) is 8.00. The Morgan fingerprint density at radius 2 is 1.83 bits per heavy atom. The van der Waals surface area contributed by atoms with Crippen molar-refractivity contribution >= 4 is 0 Å². The smallest absolute Gasteiger partial charge is 0 e. The van der Waals surface area contributed by atoms with Gasteiger partial charge in [-0.15, -0.1) is 0 Å². The minimum absolute atomic E-state index is 0. The van der Waals surface area contributed by atoms with E-state index in [1.807, 2.05) is 7.05 Å². The molecule has 0 bridgehead atoms. The molecule has 1 nitrogen and oxygen atoms in total. The molecule has 35 valence electrons. The van der Waals surface area contributed by atoms with Crippen LogP contribution in [-0.4, -0.2) is 18.5 Å². The molecule has 0 saturated heterocycles. The topological polar surface area (TPSA) is 3.24 Å². The van der Waals surface area contributed by atoms with Crippen LogP contribution in [0.1, 0.15) is 0 Å². The monoisotopic (exact) mass is 160 g/mol. The van der Waals surface area contributed by atoms with Gasteiger partial charge in [-0.25, -0.2) is 0 Å². The Labute approximate surface area is 65.0 Å². The summed E-state index contributed by atoms with van der Waals surface area (Å²) >= 11 is 0. The third kappa shape index (κ3) is 8.91. The van der Waals surface area contributed by atoms with Crippen molar-refractivity contribution in [2.75, 3.05) is 13.6 Å². The average Bonchev–Trinajstić information content (AvgIpc) is 1.38. The van der Waals surface area contributed by atoms with E-state index in [0.29, 0.717) is 0 Å². The van der Waals surface area contributed by atoms with Crippen molar-refractivity contribution < 1.29 is 32.7 Å². The standard InChI is InChI=1S/C4H9N.Y/c1-4-5(2)3;/h1-2,4H2,3H3;/q-2;. The average molecular weight is 160 g/mol. The molecule has 0 aliphatic heterocycles. The second kappa shape index (κ2) is 6.06. The Balaban J connectivity index is 0. The van der Waals surface area contributed by atoms with Crippen LogP contribution in [0.3, 0.4) is 0 Å². The third-order valence-corrected chi connectivity index (χ3v) is 0.382. The maximum Gasteiger partial charge on any atom is 0 e. The Hall–Kier alpha value is 1.06. The van der Waals surface area contributed by atoms with Crippen molar-refractivity contribution in [3.63, 3.8) is 0 Å². The molecule has 0 aromatic carbocycles. The van der Waals surface area contributed by atoms with Crippen molar-refractivity contribution in [3.8, 4) is 0 Å². The molecule has 0 rings (SSSR count). The van der Waals surface area contributed by atoms with Gasteiger partial charge in [0, 0.05) is 32.7 Å². The fraction of sp³-hybridized carbons (Fsp3) is 0.500. The van der Waals surface area contributed by atoms with Gasteiger partial charge in [0.1, 0.15) is 0 Å². The number of nitrogens with zero attached hydrogens (tertiary/aromatic N) is 1. The zero-order valence-electron chi connectivity index (χ0n) is 4.15. The van der Waals surface area contributed by atoms with Crippen molar-refractivity contribution in [3.05, 3.63) is 14.0 Å². The predicted octanol–water partition coefficient (Wildman–Crippen LogP) is 0.541. The molecule has 0 atom stereocenters. The maximum absolute atomic E-state index is 3.55. The fourth-order valence-corrected chi connectivity index (χ4v) is 0. The van der Waals surface area contributed by atoms with Gasteiger partial charge in [0.25, 0.3) is 0 Å². The summed E-state index contributed by atoms with van der Waals surface area (Å²) in [5, 5.41) is 0. The van der Waals surface area contributed by atoms with E-state index in [1.54, 1.807) is 4.90 Å². The molecule has 0 saturated carbocycles. The second-order valence-corrected chi connectivity index (χ2v) is 1.08. The van der Waals surface area contributed by atoms with Gasteiger partial charge < -0.3 is 11.8 Å². The zero-order valence-corrected chi connectivity index (χ0v) is 6.98. The van der Waals surface area contributed by atoms with E-state index in [1.165, 1.54) is 0 Å². The summed E-state index contributed by atoms with van der Waals surface area (Å²) in [5.41, 5.74) is 0. The van der Waals surface area contributed by atoms with E-state index in [2.05, 4.69) is 14.0 Å². The Bertz CT molecular complexity index is 21.5. The molecule has 0 heterocycles. The van der Waals surface area contributed by atoms with Crippen LogP contribution in [0.15, 0.2) is 0 Å². The summed E-state index contributed by atoms with van der Waals surface area (Å²) in [7, 11) is 5.41. The van der Waals surface area contributed by atoms with Gasteiger partial charge in [-0.1, -0.05) is 0 Å². The molecule has 0 spiro atoms. The molecule has 2 heteroatoms. The Morgan fingerprint density at radius 3 is 1.83 bits per heavy atom. The molecule has 0 aromatic heterocycles. The van der Waals surface area contributed by atoms with E-state index >= 15 is 0 Å². The van der Waals surface area contributed by atoms with E-state index in [-0.39, 0.29) is 32.7 Å². The quantitative estimate of drug-likeness (QED) is 0.506. The number of hydrogen-bond acceptors (Lipinski definition) is 1. The first-order valence-electron chi connectivity index (χ1n) is 1.58. The molecule has 0 fully saturated rings. The molecular formula is C4H9NY-2. The van der Waals surface area contributed by atoms with Gasteiger partial charge in [0.15, 0.2) is 0 Å². The SMILES string of the molecule is [CH2-]CN([CH2-])C.[Y]. The second-order valence-electron chi connectivity index (χ2n) is 1.08. The first kappa shape index (κ1) is 10.1. The van der Waals surface area contributed by atoms with E-state index < -0.39 is 0 Å². The zero-order chi connectivity index (χ0) is 4.28. The molecule has 0 aliphatic carbocycles. The van der Waals surface area contributed by atoms with Crippen LogP contribution in [0.4, 0.5) is 0 Å². The summed E-state index contributed by atoms with van der Waals surface area (Å²) in [6.45, 7) is 4.33. The van der Waals surface area contributed by atoms with Crippen molar-refractivity contribution in [2.45, 2.75) is 0 Å².